The Morgan fingerprint density at radius 2 is 2.38 bits per heavy atom. The van der Waals surface area contributed by atoms with E-state index in [4.69, 9.17) is 10.5 Å². The van der Waals surface area contributed by atoms with Gasteiger partial charge in [0.25, 0.3) is 0 Å². The van der Waals surface area contributed by atoms with Crippen molar-refractivity contribution in [1.82, 2.24) is 5.43 Å². The van der Waals surface area contributed by atoms with Gasteiger partial charge in [-0.15, -0.1) is 0 Å². The average Bonchev–Trinajstić information content (AvgIpc) is 2.22. The second-order valence-corrected chi connectivity index (χ2v) is 2.78. The van der Waals surface area contributed by atoms with Crippen LogP contribution in [0.2, 0.25) is 0 Å². The number of carbonyl (C=O) groups excluding carboxylic acids is 1. The number of hydrogen-bond donors (Lipinski definition) is 3. The van der Waals surface area contributed by atoms with Crippen molar-refractivity contribution >= 4 is 12.2 Å². The molecule has 0 saturated heterocycles. The molecule has 16 heavy (non-hydrogen) atoms. The van der Waals surface area contributed by atoms with E-state index in [1.54, 1.807) is 0 Å². The lowest BCUT2D eigenvalue weighted by atomic mass is 10.2. The topological polar surface area (TPSA) is 96.9 Å². The molecular formula is C9H10FN3O3. The maximum atomic E-state index is 13.3. The first-order valence-corrected chi connectivity index (χ1v) is 4.19. The van der Waals surface area contributed by atoms with Gasteiger partial charge in [0, 0.05) is 11.6 Å². The van der Waals surface area contributed by atoms with Crippen molar-refractivity contribution in [3.05, 3.63) is 23.5 Å². The smallest absolute Gasteiger partial charge is 0.332 e. The van der Waals surface area contributed by atoms with Crippen molar-refractivity contribution in [2.45, 2.75) is 0 Å². The van der Waals surface area contributed by atoms with Gasteiger partial charge in [0.15, 0.2) is 11.5 Å². The number of nitrogens with zero attached hydrogens (tertiary/aromatic N) is 1. The van der Waals surface area contributed by atoms with E-state index in [1.807, 2.05) is 5.43 Å². The molecule has 0 bridgehead atoms. The average molecular weight is 227 g/mol. The number of hydrazone groups is 1. The van der Waals surface area contributed by atoms with Crippen LogP contribution >= 0.6 is 0 Å². The van der Waals surface area contributed by atoms with E-state index in [0.717, 1.165) is 18.3 Å². The first-order valence-electron chi connectivity index (χ1n) is 4.19. The Morgan fingerprint density at radius 1 is 1.69 bits per heavy atom. The van der Waals surface area contributed by atoms with E-state index in [-0.39, 0.29) is 17.1 Å². The lowest BCUT2D eigenvalue weighted by Gasteiger charge is -2.04. The molecule has 4 N–H and O–H groups in total. The number of ether oxygens (including phenoxy) is 1. The summed E-state index contributed by atoms with van der Waals surface area (Å²) in [7, 11) is 1.30. The van der Waals surface area contributed by atoms with Gasteiger partial charge in [-0.25, -0.2) is 14.6 Å². The molecule has 0 aliphatic heterocycles. The van der Waals surface area contributed by atoms with Crippen molar-refractivity contribution in [1.29, 1.82) is 0 Å². The number of benzene rings is 1. The molecule has 2 amide bonds. The van der Waals surface area contributed by atoms with Gasteiger partial charge in [0.05, 0.1) is 13.3 Å². The second-order valence-electron chi connectivity index (χ2n) is 2.78. The molecule has 0 atom stereocenters. The fourth-order valence-corrected chi connectivity index (χ4v) is 0.988. The number of methoxy groups -OCH3 is 1. The van der Waals surface area contributed by atoms with E-state index < -0.39 is 11.8 Å². The Morgan fingerprint density at radius 3 is 2.94 bits per heavy atom. The third-order valence-electron chi connectivity index (χ3n) is 1.68. The number of nitrogens with one attached hydrogen (secondary N) is 1. The monoisotopic (exact) mass is 227 g/mol. The van der Waals surface area contributed by atoms with Gasteiger partial charge >= 0.3 is 6.03 Å². The molecule has 0 spiro atoms. The molecule has 0 unspecified atom stereocenters. The van der Waals surface area contributed by atoms with Crippen molar-refractivity contribution < 1.29 is 19.0 Å². The number of aromatic hydroxyl groups is 1. The molecule has 0 radical (unpaired) electrons. The molecule has 0 saturated carbocycles. The summed E-state index contributed by atoms with van der Waals surface area (Å²) in [5.74, 6) is -0.869. The summed E-state index contributed by atoms with van der Waals surface area (Å²) in [6, 6.07) is 1.25. The van der Waals surface area contributed by atoms with Crippen LogP contribution in [0.15, 0.2) is 17.2 Å². The molecule has 0 heterocycles. The number of amides is 2. The van der Waals surface area contributed by atoms with Gasteiger partial charge in [0.1, 0.15) is 5.82 Å². The van der Waals surface area contributed by atoms with Crippen LogP contribution in [-0.2, 0) is 0 Å². The van der Waals surface area contributed by atoms with Crippen molar-refractivity contribution in [2.75, 3.05) is 7.11 Å². The predicted octanol–water partition coefficient (Wildman–Crippen LogP) is 0.542. The maximum Gasteiger partial charge on any atom is 0.332 e. The fraction of sp³-hybridized carbons (Fsp3) is 0.111. The van der Waals surface area contributed by atoms with E-state index in [2.05, 4.69) is 5.10 Å². The number of phenolic OH excluding ortho intramolecular Hbond substituents is 1. The van der Waals surface area contributed by atoms with E-state index in [0.29, 0.717) is 0 Å². The van der Waals surface area contributed by atoms with Crippen LogP contribution in [0.3, 0.4) is 0 Å². The minimum absolute atomic E-state index is 0.00736. The summed E-state index contributed by atoms with van der Waals surface area (Å²) in [6.45, 7) is 0. The first-order chi connectivity index (χ1) is 7.54. The van der Waals surface area contributed by atoms with Crippen molar-refractivity contribution in [2.24, 2.45) is 10.8 Å². The van der Waals surface area contributed by atoms with Gasteiger partial charge in [0.2, 0.25) is 0 Å². The van der Waals surface area contributed by atoms with Gasteiger partial charge < -0.3 is 15.6 Å². The molecule has 1 aromatic carbocycles. The second kappa shape index (κ2) is 4.96. The number of halogens is 1. The van der Waals surface area contributed by atoms with Gasteiger partial charge in [-0.3, -0.25) is 0 Å². The van der Waals surface area contributed by atoms with Crippen LogP contribution in [0.4, 0.5) is 9.18 Å². The molecular weight excluding hydrogens is 217 g/mol. The SMILES string of the molecule is COc1cc(F)c(/C=N/NC(N)=O)cc1O. The molecule has 0 aromatic heterocycles. The molecule has 7 heteroatoms. The van der Waals surface area contributed by atoms with Gasteiger partial charge in [-0.2, -0.15) is 5.10 Å². The summed E-state index contributed by atoms with van der Waals surface area (Å²) in [5.41, 5.74) is 6.63. The molecule has 1 aromatic rings. The molecule has 0 fully saturated rings. The molecule has 1 rings (SSSR count). The molecule has 0 aliphatic carbocycles. The Hall–Kier alpha value is -2.31. The van der Waals surface area contributed by atoms with Crippen LogP contribution in [0.25, 0.3) is 0 Å². The Balaban J connectivity index is 2.93. The number of rotatable bonds is 3. The highest BCUT2D eigenvalue weighted by atomic mass is 19.1. The Kier molecular flexibility index (Phi) is 3.65. The minimum atomic E-state index is -0.866. The summed E-state index contributed by atoms with van der Waals surface area (Å²) in [5, 5.41) is 12.7. The largest absolute Gasteiger partial charge is 0.504 e. The summed E-state index contributed by atoms with van der Waals surface area (Å²) in [4.78, 5) is 10.3. The van der Waals surface area contributed by atoms with Crippen LogP contribution < -0.4 is 15.9 Å². The van der Waals surface area contributed by atoms with Crippen LogP contribution in [0, 0.1) is 5.82 Å². The summed E-state index contributed by atoms with van der Waals surface area (Å²) < 4.78 is 18.0. The highest BCUT2D eigenvalue weighted by molar-refractivity contribution is 5.82. The highest BCUT2D eigenvalue weighted by Gasteiger charge is 2.07. The zero-order valence-electron chi connectivity index (χ0n) is 8.40. The number of hydrogen-bond acceptors (Lipinski definition) is 4. The third-order valence-corrected chi connectivity index (χ3v) is 1.68. The quantitative estimate of drug-likeness (QED) is 0.519. The first kappa shape index (κ1) is 11.8. The van der Waals surface area contributed by atoms with Gasteiger partial charge in [-0.05, 0) is 6.07 Å². The van der Waals surface area contributed by atoms with Crippen molar-refractivity contribution in [3.63, 3.8) is 0 Å². The van der Waals surface area contributed by atoms with E-state index >= 15 is 0 Å². The van der Waals surface area contributed by atoms with Gasteiger partial charge in [-0.1, -0.05) is 0 Å². The van der Waals surface area contributed by atoms with Crippen molar-refractivity contribution in [3.8, 4) is 11.5 Å². The number of primary amides is 1. The maximum absolute atomic E-state index is 13.3. The lowest BCUT2D eigenvalue weighted by Crippen LogP contribution is -2.24. The van der Waals surface area contributed by atoms with E-state index in [1.165, 1.54) is 7.11 Å². The fourth-order valence-electron chi connectivity index (χ4n) is 0.988. The highest BCUT2D eigenvalue weighted by Crippen LogP contribution is 2.27. The normalized spacial score (nSPS) is 10.4. The Labute approximate surface area is 90.5 Å². The van der Waals surface area contributed by atoms with Crippen LogP contribution in [0.1, 0.15) is 5.56 Å². The Bertz CT molecular complexity index is 434. The molecule has 86 valence electrons. The molecule has 0 aliphatic rings. The number of urea groups is 1. The minimum Gasteiger partial charge on any atom is -0.504 e. The molecule has 6 nitrogen and oxygen atoms in total. The van der Waals surface area contributed by atoms with E-state index in [9.17, 15) is 14.3 Å². The zero-order chi connectivity index (χ0) is 12.1. The number of carbonyl (C=O) groups is 1. The van der Waals surface area contributed by atoms with Crippen LogP contribution in [-0.4, -0.2) is 24.5 Å². The number of nitrogens with two attached hydrogens (primary N) is 1. The third kappa shape index (κ3) is 2.84. The summed E-state index contributed by atoms with van der Waals surface area (Å²) >= 11 is 0. The lowest BCUT2D eigenvalue weighted by molar-refractivity contribution is 0.249. The predicted molar refractivity (Wildman–Crippen MR) is 54.9 cm³/mol. The summed E-state index contributed by atoms with van der Waals surface area (Å²) in [6.07, 6.45) is 1.01. The standard InChI is InChI=1S/C9H10FN3O3/c1-16-8-3-6(10)5(2-7(8)14)4-12-13-9(11)15/h2-4,14H,1H3,(H3,11,13,15)/b12-4+. The zero-order valence-corrected chi connectivity index (χ0v) is 8.40. The van der Waals surface area contributed by atoms with Crippen LogP contribution in [0.5, 0.6) is 11.5 Å². The number of phenols is 1.